The Balaban J connectivity index is 2.26. The zero-order chi connectivity index (χ0) is 13.5. The van der Waals surface area contributed by atoms with Crippen LogP contribution in [-0.2, 0) is 4.79 Å². The normalized spacial score (nSPS) is 29.9. The quantitative estimate of drug-likeness (QED) is 0.716. The maximum atomic E-state index is 11.9. The van der Waals surface area contributed by atoms with Crippen LogP contribution in [0, 0.1) is 11.8 Å². The van der Waals surface area contributed by atoms with E-state index >= 15 is 0 Å². The van der Waals surface area contributed by atoms with Crippen molar-refractivity contribution in [2.75, 3.05) is 6.54 Å². The summed E-state index contributed by atoms with van der Waals surface area (Å²) in [5.74, 6) is 1.75. The number of hydrogen-bond acceptors (Lipinski definition) is 2. The zero-order valence-corrected chi connectivity index (χ0v) is 12.5. The van der Waals surface area contributed by atoms with E-state index in [-0.39, 0.29) is 11.9 Å². The number of amides is 1. The molecule has 0 spiro atoms. The van der Waals surface area contributed by atoms with Crippen LogP contribution < -0.4 is 10.6 Å². The Morgan fingerprint density at radius 2 is 2.00 bits per heavy atom. The monoisotopic (exact) mass is 254 g/mol. The lowest BCUT2D eigenvalue weighted by Gasteiger charge is -2.34. The molecule has 4 unspecified atom stereocenters. The average molecular weight is 254 g/mol. The van der Waals surface area contributed by atoms with E-state index in [0.717, 1.165) is 31.2 Å². The SMILES string of the molecule is CCCCNC(=O)C(C)NC1CCC(C)C(C)C1. The molecule has 3 nitrogen and oxygen atoms in total. The zero-order valence-electron chi connectivity index (χ0n) is 12.5. The van der Waals surface area contributed by atoms with Crippen molar-refractivity contribution in [2.24, 2.45) is 11.8 Å². The second-order valence-corrected chi connectivity index (χ2v) is 6.00. The van der Waals surface area contributed by atoms with E-state index in [1.54, 1.807) is 0 Å². The van der Waals surface area contributed by atoms with Gasteiger partial charge in [-0.3, -0.25) is 4.79 Å². The third kappa shape index (κ3) is 4.97. The van der Waals surface area contributed by atoms with Gasteiger partial charge in [0.25, 0.3) is 0 Å². The van der Waals surface area contributed by atoms with Crippen molar-refractivity contribution in [1.82, 2.24) is 10.6 Å². The van der Waals surface area contributed by atoms with Gasteiger partial charge in [-0.2, -0.15) is 0 Å². The minimum Gasteiger partial charge on any atom is -0.355 e. The standard InChI is InChI=1S/C15H30N2O/c1-5-6-9-16-15(18)13(4)17-14-8-7-11(2)12(3)10-14/h11-14,17H,5-10H2,1-4H3,(H,16,18). The number of carbonyl (C=O) groups is 1. The molecular formula is C15H30N2O. The van der Waals surface area contributed by atoms with E-state index in [2.05, 4.69) is 31.4 Å². The molecule has 1 aliphatic rings. The van der Waals surface area contributed by atoms with Crippen LogP contribution >= 0.6 is 0 Å². The third-order valence-electron chi connectivity index (χ3n) is 4.31. The summed E-state index contributed by atoms with van der Waals surface area (Å²) < 4.78 is 0. The molecule has 0 radical (unpaired) electrons. The first-order chi connectivity index (χ1) is 8.54. The van der Waals surface area contributed by atoms with Crippen molar-refractivity contribution in [3.8, 4) is 0 Å². The van der Waals surface area contributed by atoms with Crippen LogP contribution in [0.1, 0.15) is 59.8 Å². The first-order valence-corrected chi connectivity index (χ1v) is 7.58. The predicted molar refractivity (Wildman–Crippen MR) is 76.5 cm³/mol. The van der Waals surface area contributed by atoms with Crippen molar-refractivity contribution in [2.45, 2.75) is 71.9 Å². The van der Waals surface area contributed by atoms with E-state index in [0.29, 0.717) is 6.04 Å². The lowest BCUT2D eigenvalue weighted by molar-refractivity contribution is -0.123. The molecule has 4 atom stereocenters. The van der Waals surface area contributed by atoms with Gasteiger partial charge >= 0.3 is 0 Å². The van der Waals surface area contributed by atoms with E-state index in [1.807, 2.05) is 6.92 Å². The van der Waals surface area contributed by atoms with E-state index < -0.39 is 0 Å². The van der Waals surface area contributed by atoms with Gasteiger partial charge in [-0.05, 0) is 44.4 Å². The number of nitrogens with one attached hydrogen (secondary N) is 2. The van der Waals surface area contributed by atoms with Crippen molar-refractivity contribution >= 4 is 5.91 Å². The minimum absolute atomic E-state index is 0.0625. The van der Waals surface area contributed by atoms with Crippen molar-refractivity contribution < 1.29 is 4.79 Å². The molecule has 0 saturated heterocycles. The van der Waals surface area contributed by atoms with Crippen LogP contribution in [0.4, 0.5) is 0 Å². The van der Waals surface area contributed by atoms with Gasteiger partial charge in [-0.1, -0.05) is 27.2 Å². The smallest absolute Gasteiger partial charge is 0.236 e. The lowest BCUT2D eigenvalue weighted by Crippen LogP contribution is -2.48. The number of hydrogen-bond donors (Lipinski definition) is 2. The summed E-state index contributed by atoms with van der Waals surface area (Å²) in [7, 11) is 0. The third-order valence-corrected chi connectivity index (χ3v) is 4.31. The molecule has 106 valence electrons. The molecule has 0 aromatic carbocycles. The van der Waals surface area contributed by atoms with Gasteiger partial charge in [0.15, 0.2) is 0 Å². The summed E-state index contributed by atoms with van der Waals surface area (Å²) in [5.41, 5.74) is 0. The fourth-order valence-electron chi connectivity index (χ4n) is 2.67. The molecule has 1 saturated carbocycles. The van der Waals surface area contributed by atoms with E-state index in [4.69, 9.17) is 0 Å². The molecule has 0 aromatic rings. The topological polar surface area (TPSA) is 41.1 Å². The molecule has 0 bridgehead atoms. The molecule has 0 aromatic heterocycles. The van der Waals surface area contributed by atoms with Gasteiger partial charge in [-0.15, -0.1) is 0 Å². The number of unbranched alkanes of at least 4 members (excludes halogenated alkanes) is 1. The largest absolute Gasteiger partial charge is 0.355 e. The van der Waals surface area contributed by atoms with Crippen LogP contribution in [-0.4, -0.2) is 24.5 Å². The number of carbonyl (C=O) groups excluding carboxylic acids is 1. The van der Waals surface area contributed by atoms with Crippen LogP contribution in [0.2, 0.25) is 0 Å². The highest BCUT2D eigenvalue weighted by molar-refractivity contribution is 5.81. The van der Waals surface area contributed by atoms with Gasteiger partial charge in [0.1, 0.15) is 0 Å². The molecule has 1 aliphatic carbocycles. The van der Waals surface area contributed by atoms with Crippen LogP contribution in [0.3, 0.4) is 0 Å². The molecule has 3 heteroatoms. The Morgan fingerprint density at radius 3 is 2.61 bits per heavy atom. The molecule has 18 heavy (non-hydrogen) atoms. The molecular weight excluding hydrogens is 224 g/mol. The fourth-order valence-corrected chi connectivity index (χ4v) is 2.67. The second-order valence-electron chi connectivity index (χ2n) is 6.00. The van der Waals surface area contributed by atoms with E-state index in [9.17, 15) is 4.79 Å². The van der Waals surface area contributed by atoms with Crippen LogP contribution in [0.25, 0.3) is 0 Å². The Bertz CT molecular complexity index is 255. The Morgan fingerprint density at radius 1 is 1.28 bits per heavy atom. The van der Waals surface area contributed by atoms with E-state index in [1.165, 1.54) is 19.3 Å². The van der Waals surface area contributed by atoms with Gasteiger partial charge in [-0.25, -0.2) is 0 Å². The predicted octanol–water partition coefficient (Wildman–Crippen LogP) is 2.71. The van der Waals surface area contributed by atoms with Gasteiger partial charge in [0, 0.05) is 12.6 Å². The summed E-state index contributed by atoms with van der Waals surface area (Å²) >= 11 is 0. The van der Waals surface area contributed by atoms with Gasteiger partial charge in [0.05, 0.1) is 6.04 Å². The molecule has 1 fully saturated rings. The highest BCUT2D eigenvalue weighted by Gasteiger charge is 2.26. The first-order valence-electron chi connectivity index (χ1n) is 7.58. The maximum absolute atomic E-state index is 11.9. The molecule has 1 rings (SSSR count). The summed E-state index contributed by atoms with van der Waals surface area (Å²) in [5, 5.41) is 6.48. The summed E-state index contributed by atoms with van der Waals surface area (Å²) in [6, 6.07) is 0.454. The molecule has 0 aliphatic heterocycles. The average Bonchev–Trinajstić information content (AvgIpc) is 2.34. The van der Waals surface area contributed by atoms with Crippen molar-refractivity contribution in [3.05, 3.63) is 0 Å². The Kier molecular flexibility index (Phi) is 6.69. The van der Waals surface area contributed by atoms with Crippen LogP contribution in [0.5, 0.6) is 0 Å². The molecule has 0 heterocycles. The highest BCUT2D eigenvalue weighted by atomic mass is 16.2. The lowest BCUT2D eigenvalue weighted by atomic mass is 9.79. The maximum Gasteiger partial charge on any atom is 0.236 e. The fraction of sp³-hybridized carbons (Fsp3) is 0.933. The van der Waals surface area contributed by atoms with Crippen molar-refractivity contribution in [1.29, 1.82) is 0 Å². The minimum atomic E-state index is -0.0625. The summed E-state index contributed by atoms with van der Waals surface area (Å²) in [6.45, 7) is 9.58. The summed E-state index contributed by atoms with van der Waals surface area (Å²) in [4.78, 5) is 11.9. The molecule has 1 amide bonds. The Labute approximate surface area is 112 Å². The number of rotatable bonds is 6. The van der Waals surface area contributed by atoms with Crippen LogP contribution in [0.15, 0.2) is 0 Å². The van der Waals surface area contributed by atoms with Crippen molar-refractivity contribution in [3.63, 3.8) is 0 Å². The first kappa shape index (κ1) is 15.5. The second kappa shape index (κ2) is 7.78. The summed E-state index contributed by atoms with van der Waals surface area (Å²) in [6.07, 6.45) is 5.88. The van der Waals surface area contributed by atoms with Gasteiger partial charge < -0.3 is 10.6 Å². The molecule has 2 N–H and O–H groups in total. The van der Waals surface area contributed by atoms with Gasteiger partial charge in [0.2, 0.25) is 5.91 Å². The Hall–Kier alpha value is -0.570. The highest BCUT2D eigenvalue weighted by Crippen LogP contribution is 2.29.